The Morgan fingerprint density at radius 3 is 1.02 bits per heavy atom. The molecule has 0 N–H and O–H groups in total. The van der Waals surface area contributed by atoms with Crippen molar-refractivity contribution in [2.24, 2.45) is 16.7 Å². The lowest BCUT2D eigenvalue weighted by Gasteiger charge is -2.37. The van der Waals surface area contributed by atoms with E-state index < -0.39 is 0 Å². The maximum absolute atomic E-state index is 6.20. The van der Waals surface area contributed by atoms with Crippen LogP contribution in [-0.4, -0.2) is 26.4 Å². The van der Waals surface area contributed by atoms with Gasteiger partial charge < -0.3 is 9.47 Å². The van der Waals surface area contributed by atoms with Gasteiger partial charge in [-0.3, -0.25) is 0 Å². The van der Waals surface area contributed by atoms with Crippen LogP contribution in [0.4, 0.5) is 0 Å². The predicted octanol–water partition coefficient (Wildman–Crippen LogP) is 18.3. The Hall–Kier alpha value is -1.64. The number of hydrogen-bond donors (Lipinski definition) is 0. The lowest BCUT2D eigenvalue weighted by molar-refractivity contribution is 0.0675. The number of ether oxygens (including phenoxy) is 2. The Balaban J connectivity index is 1.30. The van der Waals surface area contributed by atoms with E-state index >= 15 is 0 Å². The van der Waals surface area contributed by atoms with Crippen molar-refractivity contribution in [3.05, 3.63) is 71.8 Å². The Morgan fingerprint density at radius 1 is 0.356 bits per heavy atom. The molecule has 0 heterocycles. The number of benzene rings is 2. The molecule has 59 heavy (non-hydrogen) atoms. The van der Waals surface area contributed by atoms with Gasteiger partial charge in [0.25, 0.3) is 0 Å². The van der Waals surface area contributed by atoms with Gasteiger partial charge in [-0.2, -0.15) is 0 Å². The lowest BCUT2D eigenvalue weighted by Crippen LogP contribution is -2.28. The summed E-state index contributed by atoms with van der Waals surface area (Å²) in [6, 6.07) is 21.9. The number of rotatable bonds is 42. The second kappa shape index (κ2) is 37.0. The average Bonchev–Trinajstić information content (AvgIpc) is 3.22. The quantitative estimate of drug-likeness (QED) is 0.0622. The summed E-state index contributed by atoms with van der Waals surface area (Å²) in [6.45, 7) is 16.0. The van der Waals surface area contributed by atoms with Crippen LogP contribution in [0, 0.1) is 16.7 Å². The Morgan fingerprint density at radius 2 is 0.661 bits per heavy atom. The van der Waals surface area contributed by atoms with E-state index in [1.54, 1.807) is 0 Å². The van der Waals surface area contributed by atoms with Crippen molar-refractivity contribution in [2.75, 3.05) is 26.4 Å². The molecule has 0 bridgehead atoms. The van der Waals surface area contributed by atoms with Gasteiger partial charge in [-0.05, 0) is 92.1 Å². The van der Waals surface area contributed by atoms with E-state index in [1.807, 2.05) is 0 Å². The zero-order valence-electron chi connectivity index (χ0n) is 40.3. The van der Waals surface area contributed by atoms with Crippen molar-refractivity contribution in [3.8, 4) is 0 Å². The second-order valence-electron chi connectivity index (χ2n) is 20.6. The summed E-state index contributed by atoms with van der Waals surface area (Å²) in [5, 5.41) is 0. The minimum atomic E-state index is 0.322. The lowest BCUT2D eigenvalue weighted by atomic mass is 9.69. The smallest absolute Gasteiger partial charge is 0.0468 e. The standard InChI is InChI=1S/C57H100O2/c1-56(2,3)55(46-51-59-49-38-28-24-20-16-12-8-10-14-18-22-26-32-41-54-44-35-30-36-45-54)52-57(4,5)47-39-50-58-48-37-27-23-19-15-11-7-6-9-13-17-21-25-31-40-53-42-33-29-34-43-53/h29-30,33-36,42-45,55H,6-28,31-32,37-41,46-52H2,1-5H3. The van der Waals surface area contributed by atoms with Gasteiger partial charge >= 0.3 is 0 Å². The summed E-state index contributed by atoms with van der Waals surface area (Å²) >= 11 is 0. The summed E-state index contributed by atoms with van der Waals surface area (Å²) in [4.78, 5) is 0. The Labute approximate surface area is 369 Å². The van der Waals surface area contributed by atoms with E-state index in [9.17, 15) is 0 Å². The minimum absolute atomic E-state index is 0.322. The highest BCUT2D eigenvalue weighted by molar-refractivity contribution is 5.15. The summed E-state index contributed by atoms with van der Waals surface area (Å²) in [6.07, 6.45) is 45.1. The van der Waals surface area contributed by atoms with Gasteiger partial charge in [0, 0.05) is 26.4 Å². The van der Waals surface area contributed by atoms with Crippen molar-refractivity contribution < 1.29 is 9.47 Å². The minimum Gasteiger partial charge on any atom is -0.381 e. The molecule has 340 valence electrons. The fraction of sp³-hybridized carbons (Fsp3) is 0.789. The maximum atomic E-state index is 6.20. The van der Waals surface area contributed by atoms with Gasteiger partial charge in [-0.25, -0.2) is 0 Å². The van der Waals surface area contributed by atoms with E-state index in [0.717, 1.165) is 26.4 Å². The molecular formula is C57H100O2. The van der Waals surface area contributed by atoms with Gasteiger partial charge in [0.2, 0.25) is 0 Å². The molecular weight excluding hydrogens is 717 g/mol. The summed E-state index contributed by atoms with van der Waals surface area (Å²) in [5.41, 5.74) is 3.67. The normalized spacial score (nSPS) is 12.7. The van der Waals surface area contributed by atoms with Gasteiger partial charge in [-0.15, -0.1) is 0 Å². The topological polar surface area (TPSA) is 18.5 Å². The molecule has 0 aliphatic rings. The third-order valence-electron chi connectivity index (χ3n) is 13.2. The summed E-state index contributed by atoms with van der Waals surface area (Å²) < 4.78 is 12.3. The number of aryl methyl sites for hydroxylation is 2. The van der Waals surface area contributed by atoms with Crippen LogP contribution in [0.5, 0.6) is 0 Å². The van der Waals surface area contributed by atoms with Crippen LogP contribution in [0.3, 0.4) is 0 Å². The molecule has 0 radical (unpaired) electrons. The van der Waals surface area contributed by atoms with Gasteiger partial charge in [-0.1, -0.05) is 243 Å². The zero-order valence-corrected chi connectivity index (χ0v) is 40.3. The van der Waals surface area contributed by atoms with Crippen LogP contribution in [0.1, 0.15) is 245 Å². The third-order valence-corrected chi connectivity index (χ3v) is 13.2. The van der Waals surface area contributed by atoms with Crippen molar-refractivity contribution in [1.29, 1.82) is 0 Å². The molecule has 2 nitrogen and oxygen atoms in total. The molecule has 2 rings (SSSR count). The monoisotopic (exact) mass is 817 g/mol. The van der Waals surface area contributed by atoms with Crippen LogP contribution >= 0.6 is 0 Å². The fourth-order valence-corrected chi connectivity index (χ4v) is 9.11. The number of unbranched alkanes of at least 4 members (excludes halogenated alkanes) is 25. The van der Waals surface area contributed by atoms with Crippen LogP contribution in [0.25, 0.3) is 0 Å². The van der Waals surface area contributed by atoms with Crippen molar-refractivity contribution in [2.45, 2.75) is 247 Å². The molecule has 2 aromatic rings. The predicted molar refractivity (Wildman–Crippen MR) is 262 cm³/mol. The first-order valence-electron chi connectivity index (χ1n) is 26.0. The zero-order chi connectivity index (χ0) is 42.4. The molecule has 0 aliphatic carbocycles. The SMILES string of the molecule is CC(C)(CCCOCCCCCCCCCCCCCCCCc1ccccc1)CC(CCOCCCCCCCCCCCCCCCc1ccccc1)C(C)(C)C. The molecule has 2 heteroatoms. The Bertz CT molecular complexity index is 1130. The molecule has 1 atom stereocenters. The second-order valence-corrected chi connectivity index (χ2v) is 20.6. The Kier molecular flexibility index (Phi) is 33.5. The fourth-order valence-electron chi connectivity index (χ4n) is 9.11. The molecule has 0 fully saturated rings. The van der Waals surface area contributed by atoms with E-state index in [2.05, 4.69) is 95.3 Å². The highest BCUT2D eigenvalue weighted by atomic mass is 16.5. The van der Waals surface area contributed by atoms with Gasteiger partial charge in [0.15, 0.2) is 0 Å². The van der Waals surface area contributed by atoms with Crippen molar-refractivity contribution in [3.63, 3.8) is 0 Å². The molecule has 2 aromatic carbocycles. The van der Waals surface area contributed by atoms with Crippen LogP contribution in [-0.2, 0) is 22.3 Å². The van der Waals surface area contributed by atoms with E-state index in [4.69, 9.17) is 9.47 Å². The first-order chi connectivity index (χ1) is 28.8. The van der Waals surface area contributed by atoms with E-state index in [-0.39, 0.29) is 0 Å². The largest absolute Gasteiger partial charge is 0.381 e. The molecule has 0 saturated heterocycles. The average molecular weight is 817 g/mol. The highest BCUT2D eigenvalue weighted by Crippen LogP contribution is 2.40. The summed E-state index contributed by atoms with van der Waals surface area (Å²) in [5.74, 6) is 0.698. The molecule has 0 aliphatic heterocycles. The van der Waals surface area contributed by atoms with E-state index in [0.29, 0.717) is 16.7 Å². The van der Waals surface area contributed by atoms with Crippen LogP contribution < -0.4 is 0 Å². The van der Waals surface area contributed by atoms with Crippen molar-refractivity contribution >= 4 is 0 Å². The van der Waals surface area contributed by atoms with E-state index in [1.165, 1.54) is 223 Å². The molecule has 0 spiro atoms. The molecule has 1 unspecified atom stereocenters. The third kappa shape index (κ3) is 33.6. The summed E-state index contributed by atoms with van der Waals surface area (Å²) in [7, 11) is 0. The van der Waals surface area contributed by atoms with Crippen LogP contribution in [0.2, 0.25) is 0 Å². The maximum Gasteiger partial charge on any atom is 0.0468 e. The molecule has 0 amide bonds. The first kappa shape index (κ1) is 53.5. The van der Waals surface area contributed by atoms with Gasteiger partial charge in [0.1, 0.15) is 0 Å². The first-order valence-corrected chi connectivity index (χ1v) is 26.0. The van der Waals surface area contributed by atoms with Crippen LogP contribution in [0.15, 0.2) is 60.7 Å². The highest BCUT2D eigenvalue weighted by Gasteiger charge is 2.30. The van der Waals surface area contributed by atoms with Gasteiger partial charge in [0.05, 0.1) is 0 Å². The molecule has 0 aromatic heterocycles. The molecule has 0 saturated carbocycles. The van der Waals surface area contributed by atoms with Crippen molar-refractivity contribution in [1.82, 2.24) is 0 Å². The number of hydrogen-bond acceptors (Lipinski definition) is 2.